The number of ether oxygens (including phenoxy) is 2. The summed E-state index contributed by atoms with van der Waals surface area (Å²) in [5.74, 6) is -0.182. The molecule has 9 nitrogen and oxygen atoms in total. The lowest BCUT2D eigenvalue weighted by Gasteiger charge is -2.40. The van der Waals surface area contributed by atoms with Crippen LogP contribution < -0.4 is 5.32 Å². The second-order valence-corrected chi connectivity index (χ2v) is 20.8. The highest BCUT2D eigenvalue weighted by Crippen LogP contribution is 2.23. The number of carbonyl (C=O) groups excluding carboxylic acids is 1. The molecular formula is C66H113NO8. The summed E-state index contributed by atoms with van der Waals surface area (Å²) in [6.07, 6.45) is 73.0. The summed E-state index contributed by atoms with van der Waals surface area (Å²) in [7, 11) is 0. The first-order valence-corrected chi connectivity index (χ1v) is 30.6. The summed E-state index contributed by atoms with van der Waals surface area (Å²) in [5.41, 5.74) is 0. The minimum atomic E-state index is -1.57. The minimum absolute atomic E-state index is 0.182. The summed E-state index contributed by atoms with van der Waals surface area (Å²) >= 11 is 0. The second-order valence-electron chi connectivity index (χ2n) is 20.8. The van der Waals surface area contributed by atoms with Gasteiger partial charge in [0.2, 0.25) is 5.91 Å². The van der Waals surface area contributed by atoms with Gasteiger partial charge in [0.05, 0.1) is 25.4 Å². The van der Waals surface area contributed by atoms with Crippen molar-refractivity contribution in [3.63, 3.8) is 0 Å². The fourth-order valence-corrected chi connectivity index (χ4v) is 9.06. The lowest BCUT2D eigenvalue weighted by atomic mass is 9.99. The molecule has 6 N–H and O–H groups in total. The highest BCUT2D eigenvalue weighted by molar-refractivity contribution is 5.76. The van der Waals surface area contributed by atoms with Crippen LogP contribution in [0.5, 0.6) is 0 Å². The number of aliphatic hydroxyl groups is 5. The zero-order valence-electron chi connectivity index (χ0n) is 47.8. The zero-order valence-corrected chi connectivity index (χ0v) is 47.8. The molecule has 7 atom stereocenters. The third-order valence-corrected chi connectivity index (χ3v) is 13.9. The van der Waals surface area contributed by atoms with E-state index < -0.39 is 49.5 Å². The Bertz CT molecular complexity index is 1540. The van der Waals surface area contributed by atoms with Crippen molar-refractivity contribution in [2.24, 2.45) is 0 Å². The van der Waals surface area contributed by atoms with Crippen molar-refractivity contribution in [3.05, 3.63) is 109 Å². The summed E-state index contributed by atoms with van der Waals surface area (Å²) in [6.45, 7) is 3.66. The number of amides is 1. The highest BCUT2D eigenvalue weighted by Gasteiger charge is 2.44. The van der Waals surface area contributed by atoms with Gasteiger partial charge >= 0.3 is 0 Å². The first-order valence-electron chi connectivity index (χ1n) is 30.6. The fourth-order valence-electron chi connectivity index (χ4n) is 9.06. The van der Waals surface area contributed by atoms with E-state index in [1.165, 1.54) is 135 Å². The summed E-state index contributed by atoms with van der Waals surface area (Å²) in [4.78, 5) is 13.1. The van der Waals surface area contributed by atoms with Crippen molar-refractivity contribution in [1.82, 2.24) is 5.32 Å². The zero-order chi connectivity index (χ0) is 54.3. The number of unbranched alkanes of at least 4 members (excludes halogenated alkanes) is 25. The van der Waals surface area contributed by atoms with Crippen molar-refractivity contribution >= 4 is 5.91 Å². The predicted molar refractivity (Wildman–Crippen MR) is 317 cm³/mol. The van der Waals surface area contributed by atoms with Crippen LogP contribution in [0.3, 0.4) is 0 Å². The van der Waals surface area contributed by atoms with Gasteiger partial charge in [0.1, 0.15) is 24.4 Å². The maximum atomic E-state index is 13.1. The van der Waals surface area contributed by atoms with Crippen molar-refractivity contribution in [3.8, 4) is 0 Å². The maximum Gasteiger partial charge on any atom is 0.220 e. The van der Waals surface area contributed by atoms with Crippen LogP contribution in [0.4, 0.5) is 0 Å². The first-order chi connectivity index (χ1) is 36.8. The number of nitrogens with one attached hydrogen (secondary N) is 1. The Morgan fingerprint density at radius 3 is 1.23 bits per heavy atom. The fraction of sp³-hybridized carbons (Fsp3) is 0.712. The van der Waals surface area contributed by atoms with Crippen LogP contribution in [-0.2, 0) is 14.3 Å². The standard InChI is InChI=1S/C66H113NO8/c1-3-5-7-9-11-13-15-17-19-20-21-22-23-24-25-26-27-28-29-30-31-32-33-34-35-36-37-38-39-40-42-44-46-48-50-52-54-56-62(70)67-59(58-74-66-65(73)64(72)63(71)61(57-68)75-66)60(69)55-53-51-49-47-45-43-41-18-16-14-12-10-8-6-4-2/h5,7,11,13,17,19,21-22,24-25,27-28,30-31,33-34,53,55,59-61,63-66,68-69,71-73H,3-4,6,8-10,12,14-16,18,20,23,26,29,32,35-52,54,56-58H2,1-2H3,(H,67,70)/b7-5-,13-11-,19-17-,22-21-,25-24-,28-27-,31-30-,34-33-,55-53+. The Morgan fingerprint density at radius 1 is 0.467 bits per heavy atom. The molecule has 7 unspecified atom stereocenters. The molecule has 1 heterocycles. The van der Waals surface area contributed by atoms with Crippen LogP contribution in [0, 0.1) is 0 Å². The molecule has 0 bridgehead atoms. The average molecular weight is 1050 g/mol. The SMILES string of the molecule is CC/C=C\C/C=C\C/C=C\C/C=C\C/C=C\C/C=C\C/C=C\C/C=C\CCCCCCCCCCCCCCC(=O)NC(COC1OC(CO)C(O)C(O)C1O)C(O)/C=C/CCCCCCCCCCCCCCC. The molecule has 1 amide bonds. The van der Waals surface area contributed by atoms with Crippen LogP contribution in [0.25, 0.3) is 0 Å². The summed E-state index contributed by atoms with van der Waals surface area (Å²) in [5, 5.41) is 54.5. The number of carbonyl (C=O) groups is 1. The topological polar surface area (TPSA) is 149 Å². The number of hydrogen-bond donors (Lipinski definition) is 6. The van der Waals surface area contributed by atoms with Gasteiger partial charge in [0.25, 0.3) is 0 Å². The first kappa shape index (κ1) is 69.9. The summed E-state index contributed by atoms with van der Waals surface area (Å²) < 4.78 is 11.3. The third-order valence-electron chi connectivity index (χ3n) is 13.9. The van der Waals surface area contributed by atoms with Gasteiger partial charge in [-0.15, -0.1) is 0 Å². The monoisotopic (exact) mass is 1050 g/mol. The smallest absolute Gasteiger partial charge is 0.220 e. The van der Waals surface area contributed by atoms with Gasteiger partial charge in [-0.3, -0.25) is 4.79 Å². The molecule has 0 aromatic rings. The van der Waals surface area contributed by atoms with E-state index >= 15 is 0 Å². The average Bonchev–Trinajstić information content (AvgIpc) is 3.41. The van der Waals surface area contributed by atoms with E-state index in [0.717, 1.165) is 89.9 Å². The molecule has 75 heavy (non-hydrogen) atoms. The van der Waals surface area contributed by atoms with Crippen LogP contribution in [0.2, 0.25) is 0 Å². The molecule has 1 aliphatic rings. The number of aliphatic hydroxyl groups excluding tert-OH is 5. The Kier molecular flexibility index (Phi) is 50.5. The van der Waals surface area contributed by atoms with Gasteiger partial charge < -0.3 is 40.3 Å². The molecule has 9 heteroatoms. The minimum Gasteiger partial charge on any atom is -0.394 e. The van der Waals surface area contributed by atoms with E-state index in [1.54, 1.807) is 6.08 Å². The van der Waals surface area contributed by atoms with Crippen LogP contribution in [0.1, 0.15) is 245 Å². The van der Waals surface area contributed by atoms with Crippen molar-refractivity contribution in [2.75, 3.05) is 13.2 Å². The normalized spacial score (nSPS) is 19.7. The lowest BCUT2D eigenvalue weighted by Crippen LogP contribution is -2.60. The van der Waals surface area contributed by atoms with Gasteiger partial charge in [-0.05, 0) is 83.5 Å². The van der Waals surface area contributed by atoms with Gasteiger partial charge in [-0.25, -0.2) is 0 Å². The Hall–Kier alpha value is -3.15. The molecule has 0 aromatic carbocycles. The second kappa shape index (κ2) is 54.2. The molecule has 0 radical (unpaired) electrons. The van der Waals surface area contributed by atoms with E-state index in [2.05, 4.69) is 116 Å². The molecule has 1 aliphatic heterocycles. The van der Waals surface area contributed by atoms with E-state index in [0.29, 0.717) is 6.42 Å². The molecule has 1 fully saturated rings. The Balaban J connectivity index is 2.15. The van der Waals surface area contributed by atoms with Crippen molar-refractivity contribution < 1.29 is 39.8 Å². The Morgan fingerprint density at radius 2 is 0.827 bits per heavy atom. The quantitative estimate of drug-likeness (QED) is 0.0261. The van der Waals surface area contributed by atoms with Crippen LogP contribution in [0.15, 0.2) is 109 Å². The predicted octanol–water partition coefficient (Wildman–Crippen LogP) is 15.7. The molecule has 0 aromatic heterocycles. The molecule has 430 valence electrons. The number of allylic oxidation sites excluding steroid dienone is 17. The molecule has 1 saturated heterocycles. The third kappa shape index (κ3) is 43.5. The van der Waals surface area contributed by atoms with E-state index in [4.69, 9.17) is 9.47 Å². The van der Waals surface area contributed by atoms with Crippen LogP contribution in [-0.4, -0.2) is 87.5 Å². The Labute approximate surface area is 459 Å². The van der Waals surface area contributed by atoms with Crippen molar-refractivity contribution in [2.45, 2.75) is 288 Å². The number of hydrogen-bond acceptors (Lipinski definition) is 8. The molecule has 1 rings (SSSR count). The van der Waals surface area contributed by atoms with Crippen LogP contribution >= 0.6 is 0 Å². The highest BCUT2D eigenvalue weighted by atomic mass is 16.7. The number of rotatable bonds is 51. The van der Waals surface area contributed by atoms with Gasteiger partial charge in [0.15, 0.2) is 6.29 Å². The van der Waals surface area contributed by atoms with E-state index in [1.807, 2.05) is 6.08 Å². The molecule has 0 saturated carbocycles. The maximum absolute atomic E-state index is 13.1. The van der Waals surface area contributed by atoms with Gasteiger partial charge in [-0.2, -0.15) is 0 Å². The molecule has 0 spiro atoms. The van der Waals surface area contributed by atoms with Crippen molar-refractivity contribution in [1.29, 1.82) is 0 Å². The van der Waals surface area contributed by atoms with E-state index in [9.17, 15) is 30.3 Å². The molecule has 0 aliphatic carbocycles. The summed E-state index contributed by atoms with van der Waals surface area (Å²) in [6, 6.07) is -0.812. The molecular weight excluding hydrogens is 935 g/mol. The van der Waals surface area contributed by atoms with E-state index in [-0.39, 0.29) is 12.5 Å². The van der Waals surface area contributed by atoms with Gasteiger partial charge in [-0.1, -0.05) is 264 Å². The largest absolute Gasteiger partial charge is 0.394 e. The lowest BCUT2D eigenvalue weighted by molar-refractivity contribution is -0.302. The van der Waals surface area contributed by atoms with Gasteiger partial charge in [0, 0.05) is 6.42 Å².